The molecule has 0 fully saturated rings. The topological polar surface area (TPSA) is 51.3 Å². The average Bonchev–Trinajstić information content (AvgIpc) is 2.70. The molecule has 1 aromatic heterocycles. The Morgan fingerprint density at radius 1 is 1.38 bits per heavy atom. The summed E-state index contributed by atoms with van der Waals surface area (Å²) >= 11 is 0. The maximum absolute atomic E-state index is 11.4. The number of rotatable bonds is 5. The minimum Gasteiger partial charge on any atom is -0.424 e. The van der Waals surface area contributed by atoms with Crippen molar-refractivity contribution in [3.05, 3.63) is 30.5 Å². The van der Waals surface area contributed by atoms with E-state index in [0.29, 0.717) is 12.4 Å². The van der Waals surface area contributed by atoms with E-state index in [1.54, 1.807) is 6.20 Å². The summed E-state index contributed by atoms with van der Waals surface area (Å²) in [5.74, 6) is 0.579. The number of hydrogen-bond acceptors (Lipinski definition) is 3. The van der Waals surface area contributed by atoms with Gasteiger partial charge >= 0.3 is 8.25 Å². The summed E-state index contributed by atoms with van der Waals surface area (Å²) in [4.78, 5) is 3.05. The molecule has 0 aliphatic carbocycles. The van der Waals surface area contributed by atoms with E-state index in [1.807, 2.05) is 31.2 Å². The highest BCUT2D eigenvalue weighted by molar-refractivity contribution is 7.33. The van der Waals surface area contributed by atoms with Gasteiger partial charge in [-0.1, -0.05) is 19.1 Å². The van der Waals surface area contributed by atoms with Crippen LogP contribution in [0.4, 0.5) is 0 Å². The van der Waals surface area contributed by atoms with Crippen molar-refractivity contribution >= 4 is 19.2 Å². The van der Waals surface area contributed by atoms with Gasteiger partial charge < -0.3 is 14.0 Å². The zero-order chi connectivity index (χ0) is 11.4. The summed E-state index contributed by atoms with van der Waals surface area (Å²) < 4.78 is 21.7. The third kappa shape index (κ3) is 2.46. The summed E-state index contributed by atoms with van der Waals surface area (Å²) in [6.45, 7) is 2.42. The summed E-state index contributed by atoms with van der Waals surface area (Å²) in [6, 6.07) is 7.69. The van der Waals surface area contributed by atoms with Crippen LogP contribution in [0.3, 0.4) is 0 Å². The maximum Gasteiger partial charge on any atom is 0.367 e. The molecule has 1 N–H and O–H groups in total. The van der Waals surface area contributed by atoms with Gasteiger partial charge in [0.1, 0.15) is 0 Å². The third-order valence-corrected chi connectivity index (χ3v) is 3.00. The summed E-state index contributed by atoms with van der Waals surface area (Å²) in [5, 5.41) is 0.918. The van der Waals surface area contributed by atoms with Crippen molar-refractivity contribution in [2.75, 3.05) is 6.61 Å². The van der Waals surface area contributed by atoms with Crippen LogP contribution >= 0.6 is 8.25 Å². The van der Waals surface area contributed by atoms with E-state index < -0.39 is 8.25 Å². The second kappa shape index (κ2) is 5.19. The van der Waals surface area contributed by atoms with E-state index in [-0.39, 0.29) is 0 Å². The Balaban J connectivity index is 2.12. The second-order valence-electron chi connectivity index (χ2n) is 3.40. The zero-order valence-corrected chi connectivity index (χ0v) is 10.0. The molecule has 0 aliphatic rings. The van der Waals surface area contributed by atoms with Crippen molar-refractivity contribution < 1.29 is 13.6 Å². The normalized spacial score (nSPS) is 12.8. The van der Waals surface area contributed by atoms with Gasteiger partial charge in [-0.3, -0.25) is 0 Å². The molecule has 0 radical (unpaired) electrons. The first-order valence-corrected chi connectivity index (χ1v) is 6.44. The minimum atomic E-state index is -2.44. The molecule has 4 nitrogen and oxygen atoms in total. The molecule has 86 valence electrons. The molecule has 1 unspecified atom stereocenters. The molecule has 5 heteroatoms. The quantitative estimate of drug-likeness (QED) is 0.814. The lowest BCUT2D eigenvalue weighted by Gasteiger charge is -2.04. The van der Waals surface area contributed by atoms with Crippen molar-refractivity contribution in [3.8, 4) is 5.75 Å². The number of para-hydroxylation sites is 1. The Morgan fingerprint density at radius 2 is 2.19 bits per heavy atom. The number of nitrogens with one attached hydrogen (secondary N) is 1. The van der Waals surface area contributed by atoms with Gasteiger partial charge in [0, 0.05) is 17.1 Å². The second-order valence-corrected chi connectivity index (χ2v) is 4.39. The number of aromatic amines is 1. The summed E-state index contributed by atoms with van der Waals surface area (Å²) in [6.07, 6.45) is 2.52. The van der Waals surface area contributed by atoms with Crippen LogP contribution in [-0.4, -0.2) is 11.6 Å². The Bertz CT molecular complexity index is 495. The molecule has 0 saturated carbocycles. The molecular formula is C11H14NO3P. The Hall–Kier alpha value is -1.25. The van der Waals surface area contributed by atoms with Crippen LogP contribution in [0.5, 0.6) is 5.75 Å². The highest BCUT2D eigenvalue weighted by Crippen LogP contribution is 2.33. The van der Waals surface area contributed by atoms with Gasteiger partial charge in [0.15, 0.2) is 5.75 Å². The predicted molar refractivity (Wildman–Crippen MR) is 64.2 cm³/mol. The van der Waals surface area contributed by atoms with Gasteiger partial charge in [0.25, 0.3) is 0 Å². The van der Waals surface area contributed by atoms with Crippen LogP contribution in [-0.2, 0) is 9.09 Å². The van der Waals surface area contributed by atoms with Crippen LogP contribution < -0.4 is 4.52 Å². The van der Waals surface area contributed by atoms with Gasteiger partial charge in [0.2, 0.25) is 0 Å². The van der Waals surface area contributed by atoms with Gasteiger partial charge in [0.05, 0.1) is 6.61 Å². The van der Waals surface area contributed by atoms with Crippen molar-refractivity contribution in [2.24, 2.45) is 0 Å². The number of hydrogen-bond donors (Lipinski definition) is 1. The third-order valence-electron chi connectivity index (χ3n) is 2.17. The van der Waals surface area contributed by atoms with E-state index in [9.17, 15) is 4.57 Å². The van der Waals surface area contributed by atoms with Crippen molar-refractivity contribution in [1.29, 1.82) is 0 Å². The van der Waals surface area contributed by atoms with E-state index >= 15 is 0 Å². The van der Waals surface area contributed by atoms with Crippen molar-refractivity contribution in [1.82, 2.24) is 4.98 Å². The fourth-order valence-corrected chi connectivity index (χ4v) is 2.21. The van der Waals surface area contributed by atoms with Crippen LogP contribution in [0, 0.1) is 0 Å². The molecule has 0 aliphatic heterocycles. The van der Waals surface area contributed by atoms with Crippen LogP contribution in [0.25, 0.3) is 10.9 Å². The summed E-state index contributed by atoms with van der Waals surface area (Å²) in [7, 11) is -2.44. The van der Waals surface area contributed by atoms with E-state index in [4.69, 9.17) is 9.05 Å². The average molecular weight is 239 g/mol. The van der Waals surface area contributed by atoms with E-state index in [0.717, 1.165) is 17.3 Å². The summed E-state index contributed by atoms with van der Waals surface area (Å²) in [5.41, 5.74) is 0.961. The standard InChI is InChI=1S/C11H14NO3P/c1-2-7-14-16(13)15-11-8-12-10-6-4-3-5-9(10)11/h3-6,8,12,16H,2,7H2,1H3. The molecule has 0 spiro atoms. The predicted octanol–water partition coefficient (Wildman–Crippen LogP) is 3.36. The molecule has 1 aromatic carbocycles. The molecule has 1 heterocycles. The number of fused-ring (bicyclic) bond motifs is 1. The van der Waals surface area contributed by atoms with Gasteiger partial charge in [-0.15, -0.1) is 0 Å². The number of aromatic nitrogens is 1. The van der Waals surface area contributed by atoms with Gasteiger partial charge in [-0.05, 0) is 18.6 Å². The molecule has 0 bridgehead atoms. The molecule has 1 atom stereocenters. The lowest BCUT2D eigenvalue weighted by Crippen LogP contribution is -1.87. The molecular weight excluding hydrogens is 225 g/mol. The molecule has 16 heavy (non-hydrogen) atoms. The lowest BCUT2D eigenvalue weighted by molar-refractivity contribution is 0.287. The fourth-order valence-electron chi connectivity index (χ4n) is 1.43. The number of H-pyrrole nitrogens is 1. The molecule has 2 rings (SSSR count). The first-order valence-electron chi connectivity index (χ1n) is 5.22. The highest BCUT2D eigenvalue weighted by Gasteiger charge is 2.07. The van der Waals surface area contributed by atoms with Crippen molar-refractivity contribution in [2.45, 2.75) is 13.3 Å². The van der Waals surface area contributed by atoms with Crippen LogP contribution in [0.15, 0.2) is 30.5 Å². The van der Waals surface area contributed by atoms with Crippen molar-refractivity contribution in [3.63, 3.8) is 0 Å². The maximum atomic E-state index is 11.4. The first kappa shape index (κ1) is 11.2. The first-order chi connectivity index (χ1) is 7.81. The van der Waals surface area contributed by atoms with Gasteiger partial charge in [-0.25, -0.2) is 4.57 Å². The fraction of sp³-hybridized carbons (Fsp3) is 0.273. The molecule has 0 saturated heterocycles. The Morgan fingerprint density at radius 3 is 3.00 bits per heavy atom. The zero-order valence-electron chi connectivity index (χ0n) is 9.03. The Labute approximate surface area is 94.5 Å². The monoisotopic (exact) mass is 239 g/mol. The molecule has 0 amide bonds. The largest absolute Gasteiger partial charge is 0.424 e. The Kier molecular flexibility index (Phi) is 3.65. The SMILES string of the molecule is CCCO[PH](=O)Oc1c[nH]c2ccccc12. The van der Waals surface area contributed by atoms with E-state index in [2.05, 4.69) is 4.98 Å². The number of benzene rings is 1. The molecule has 2 aromatic rings. The van der Waals surface area contributed by atoms with E-state index in [1.165, 1.54) is 0 Å². The van der Waals surface area contributed by atoms with Crippen LogP contribution in [0.1, 0.15) is 13.3 Å². The highest BCUT2D eigenvalue weighted by atomic mass is 31.1. The minimum absolute atomic E-state index is 0.458. The smallest absolute Gasteiger partial charge is 0.367 e. The lowest BCUT2D eigenvalue weighted by atomic mass is 10.2. The van der Waals surface area contributed by atoms with Gasteiger partial charge in [-0.2, -0.15) is 0 Å². The van der Waals surface area contributed by atoms with Crippen LogP contribution in [0.2, 0.25) is 0 Å².